The van der Waals surface area contributed by atoms with Crippen molar-refractivity contribution in [3.05, 3.63) is 206 Å². The number of aromatic nitrogens is 4. The number of fused-ring (bicyclic) bond motifs is 13. The van der Waals surface area contributed by atoms with Gasteiger partial charge in [0.25, 0.3) is 0 Å². The number of hydrogen-bond acceptors (Lipinski definition) is 4. The Morgan fingerprint density at radius 3 is 1.52 bits per heavy atom. The fraction of sp³-hybridized carbons (Fsp3) is 0. The van der Waals surface area contributed by atoms with Crippen molar-refractivity contribution in [3.8, 4) is 39.9 Å². The van der Waals surface area contributed by atoms with Crippen molar-refractivity contribution in [2.45, 2.75) is 0 Å². The van der Waals surface area contributed by atoms with Gasteiger partial charge in [0, 0.05) is 43.9 Å². The largest absolute Gasteiger partial charge is 0.456 e. The lowest BCUT2D eigenvalue weighted by atomic mass is 10.00. The van der Waals surface area contributed by atoms with Crippen LogP contribution in [0.4, 0.5) is 0 Å². The summed E-state index contributed by atoms with van der Waals surface area (Å²) in [5.74, 6) is 1.82. The summed E-state index contributed by atoms with van der Waals surface area (Å²) < 4.78 is 9.16. The minimum Gasteiger partial charge on any atom is -0.456 e. The normalized spacial score (nSPS) is 12.1. The lowest BCUT2D eigenvalue weighted by molar-refractivity contribution is 0.669. The Morgan fingerprint density at radius 1 is 0.297 bits per heavy atom. The molecule has 0 radical (unpaired) electrons. The molecule has 5 heteroatoms. The van der Waals surface area contributed by atoms with Crippen LogP contribution in [0.15, 0.2) is 211 Å². The second kappa shape index (κ2) is 13.4. The summed E-state index contributed by atoms with van der Waals surface area (Å²) in [5, 5.41) is 16.6. The Morgan fingerprint density at radius 2 is 0.812 bits per heavy atom. The summed E-state index contributed by atoms with van der Waals surface area (Å²) in [5.41, 5.74) is 7.79. The Labute approximate surface area is 366 Å². The van der Waals surface area contributed by atoms with E-state index in [1.807, 2.05) is 30.3 Å². The van der Waals surface area contributed by atoms with Gasteiger partial charge in [-0.15, -0.1) is 0 Å². The van der Waals surface area contributed by atoms with Gasteiger partial charge in [-0.2, -0.15) is 0 Å². The summed E-state index contributed by atoms with van der Waals surface area (Å²) in [6, 6.07) is 73.5. The zero-order valence-corrected chi connectivity index (χ0v) is 34.3. The van der Waals surface area contributed by atoms with E-state index in [4.69, 9.17) is 19.4 Å². The molecule has 0 amide bonds. The highest BCUT2D eigenvalue weighted by Gasteiger charge is 2.19. The van der Waals surface area contributed by atoms with Crippen LogP contribution >= 0.6 is 0 Å². The van der Waals surface area contributed by atoms with E-state index in [1.54, 1.807) is 0 Å². The molecule has 14 aromatic rings. The van der Waals surface area contributed by atoms with Crippen molar-refractivity contribution in [3.63, 3.8) is 0 Å². The smallest absolute Gasteiger partial charge is 0.164 e. The van der Waals surface area contributed by atoms with Gasteiger partial charge in [0.05, 0.1) is 11.0 Å². The van der Waals surface area contributed by atoms with Crippen LogP contribution in [0.5, 0.6) is 0 Å². The van der Waals surface area contributed by atoms with E-state index >= 15 is 0 Å². The maximum atomic E-state index is 6.73. The highest BCUT2D eigenvalue weighted by molar-refractivity contribution is 6.21. The molecule has 0 fully saturated rings. The van der Waals surface area contributed by atoms with Crippen LogP contribution in [-0.2, 0) is 0 Å². The first-order valence-corrected chi connectivity index (χ1v) is 21.7. The highest BCUT2D eigenvalue weighted by atomic mass is 16.3. The van der Waals surface area contributed by atoms with Gasteiger partial charge in [0.15, 0.2) is 17.5 Å². The lowest BCUT2D eigenvalue weighted by Gasteiger charge is -2.11. The van der Waals surface area contributed by atoms with Gasteiger partial charge in [-0.3, -0.25) is 0 Å². The van der Waals surface area contributed by atoms with Gasteiger partial charge >= 0.3 is 0 Å². The molecule has 0 saturated carbocycles. The molecule has 0 atom stereocenters. The minimum atomic E-state index is 0.586. The van der Waals surface area contributed by atoms with Gasteiger partial charge in [-0.1, -0.05) is 146 Å². The highest BCUT2D eigenvalue weighted by Crippen LogP contribution is 2.41. The van der Waals surface area contributed by atoms with E-state index in [-0.39, 0.29) is 0 Å². The lowest BCUT2D eigenvalue weighted by Crippen LogP contribution is -2.00. The SMILES string of the molecule is c1ccc(-c2nc(-c3ccc4c(ccc5ccccc54)c3)nc(-c3ccc4c(c3)oc3ccc5ccc(-n6c7cc8ccccc8cc7c7cc8ccccc8cc76)cc5c34)n2)cc1. The third kappa shape index (κ3) is 5.34. The van der Waals surface area contributed by atoms with Gasteiger partial charge in [0.2, 0.25) is 0 Å². The summed E-state index contributed by atoms with van der Waals surface area (Å²) in [6.45, 7) is 0. The number of furan rings is 1. The average molecular weight is 815 g/mol. The van der Waals surface area contributed by atoms with E-state index in [9.17, 15) is 0 Å². The van der Waals surface area contributed by atoms with Crippen LogP contribution in [0.2, 0.25) is 0 Å². The van der Waals surface area contributed by atoms with Gasteiger partial charge in [-0.05, 0) is 115 Å². The Hall–Kier alpha value is -8.67. The number of benzene rings is 11. The van der Waals surface area contributed by atoms with E-state index in [0.29, 0.717) is 17.5 Å². The van der Waals surface area contributed by atoms with Gasteiger partial charge in [-0.25, -0.2) is 15.0 Å². The molecule has 0 bridgehead atoms. The molecule has 0 aliphatic carbocycles. The molecule has 64 heavy (non-hydrogen) atoms. The van der Waals surface area contributed by atoms with Crippen LogP contribution in [0.1, 0.15) is 0 Å². The predicted octanol–water partition coefficient (Wildman–Crippen LogP) is 15.6. The van der Waals surface area contributed by atoms with E-state index in [1.165, 1.54) is 59.5 Å². The number of nitrogens with zero attached hydrogens (tertiary/aromatic N) is 4. The average Bonchev–Trinajstić information content (AvgIpc) is 3.89. The molecule has 0 unspecified atom stereocenters. The molecule has 14 rings (SSSR count). The van der Waals surface area contributed by atoms with Crippen LogP contribution < -0.4 is 0 Å². The molecule has 0 N–H and O–H groups in total. The predicted molar refractivity (Wildman–Crippen MR) is 265 cm³/mol. The standard InChI is InChI=1S/C59H34N4O/c1-2-11-37(12-3-1)57-60-58(43-21-25-47-42(28-43)19-18-35-10-8-9-17-46(35)47)62-59(61-57)44-22-26-48-55(33-44)64-54-27-23-36-20-24-45(34-49(36)56(48)54)63-52-31-40-15-6-4-13-38(40)29-50(52)51-30-39-14-5-7-16-41(39)32-53(51)63/h1-34H. The topological polar surface area (TPSA) is 56.7 Å². The first kappa shape index (κ1) is 35.0. The molecular formula is C59H34N4O. The summed E-state index contributed by atoms with van der Waals surface area (Å²) in [7, 11) is 0. The second-order valence-corrected chi connectivity index (χ2v) is 16.8. The van der Waals surface area contributed by atoms with Crippen molar-refractivity contribution in [2.24, 2.45) is 0 Å². The van der Waals surface area contributed by atoms with Gasteiger partial charge < -0.3 is 8.98 Å². The maximum Gasteiger partial charge on any atom is 0.164 e. The fourth-order valence-corrected chi connectivity index (χ4v) is 10.0. The summed E-state index contributed by atoms with van der Waals surface area (Å²) in [6.07, 6.45) is 0. The first-order chi connectivity index (χ1) is 31.7. The van der Waals surface area contributed by atoms with Crippen LogP contribution in [0, 0.1) is 0 Å². The summed E-state index contributed by atoms with van der Waals surface area (Å²) >= 11 is 0. The summed E-state index contributed by atoms with van der Waals surface area (Å²) in [4.78, 5) is 15.3. The van der Waals surface area contributed by atoms with E-state index in [2.05, 4.69) is 180 Å². The van der Waals surface area contributed by atoms with Crippen LogP contribution in [0.25, 0.3) is 137 Å². The minimum absolute atomic E-state index is 0.586. The van der Waals surface area contributed by atoms with Crippen molar-refractivity contribution in [2.75, 3.05) is 0 Å². The molecule has 0 aliphatic rings. The van der Waals surface area contributed by atoms with Gasteiger partial charge in [0.1, 0.15) is 11.2 Å². The second-order valence-electron chi connectivity index (χ2n) is 16.8. The molecule has 3 heterocycles. The third-order valence-corrected chi connectivity index (χ3v) is 13.1. The fourth-order valence-electron chi connectivity index (χ4n) is 10.0. The van der Waals surface area contributed by atoms with Crippen molar-refractivity contribution < 1.29 is 4.42 Å². The zero-order chi connectivity index (χ0) is 41.9. The Kier molecular flexibility index (Phi) is 7.33. The Bertz CT molecular complexity index is 4170. The van der Waals surface area contributed by atoms with Crippen molar-refractivity contribution in [1.29, 1.82) is 0 Å². The molecule has 11 aromatic carbocycles. The Balaban J connectivity index is 0.940. The first-order valence-electron chi connectivity index (χ1n) is 21.7. The van der Waals surface area contributed by atoms with Crippen molar-refractivity contribution >= 4 is 97.6 Å². The molecule has 5 nitrogen and oxygen atoms in total. The molecule has 0 spiro atoms. The molecular weight excluding hydrogens is 781 g/mol. The molecule has 296 valence electrons. The molecule has 0 aliphatic heterocycles. The van der Waals surface area contributed by atoms with Crippen molar-refractivity contribution in [1.82, 2.24) is 19.5 Å². The molecule has 3 aromatic heterocycles. The monoisotopic (exact) mass is 814 g/mol. The maximum absolute atomic E-state index is 6.73. The van der Waals surface area contributed by atoms with E-state index < -0.39 is 0 Å². The molecule has 0 saturated heterocycles. The number of rotatable bonds is 4. The zero-order valence-electron chi connectivity index (χ0n) is 34.3. The quantitative estimate of drug-likeness (QED) is 0.166. The van der Waals surface area contributed by atoms with E-state index in [0.717, 1.165) is 60.5 Å². The number of hydrogen-bond donors (Lipinski definition) is 0. The van der Waals surface area contributed by atoms with Crippen LogP contribution in [-0.4, -0.2) is 19.5 Å². The third-order valence-electron chi connectivity index (χ3n) is 13.1. The van der Waals surface area contributed by atoms with Crippen LogP contribution in [0.3, 0.4) is 0 Å².